The lowest BCUT2D eigenvalue weighted by molar-refractivity contribution is -0.136. The maximum Gasteiger partial charge on any atom is 0.255 e. The molecule has 2 aliphatic rings. The van der Waals surface area contributed by atoms with Crippen molar-refractivity contribution in [1.29, 1.82) is 0 Å². The lowest BCUT2D eigenvalue weighted by Crippen LogP contribution is -2.50. The van der Waals surface area contributed by atoms with Crippen LogP contribution < -0.4 is 0 Å². The quantitative estimate of drug-likeness (QED) is 0.735. The third-order valence-electron chi connectivity index (χ3n) is 6.36. The van der Waals surface area contributed by atoms with Crippen molar-refractivity contribution in [2.75, 3.05) is 13.1 Å². The standard InChI is InChI=1S/C24H25N3O2/c1-16(23(28)26-13-7-2-8-14-26)27-22(18-10-3-4-11-19(18)24(27)29)20-15-25-21-12-6-5-9-17(20)21/h3-6,9-12,15-16,22,25H,2,7-8,13-14H2,1H3. The summed E-state index contributed by atoms with van der Waals surface area (Å²) in [5.41, 5.74) is 3.74. The molecule has 2 unspecified atom stereocenters. The first-order valence-electron chi connectivity index (χ1n) is 10.4. The Kier molecular flexibility index (Phi) is 4.38. The van der Waals surface area contributed by atoms with Gasteiger partial charge in [0.05, 0.1) is 6.04 Å². The number of hydrogen-bond acceptors (Lipinski definition) is 2. The second-order valence-electron chi connectivity index (χ2n) is 8.05. The number of likely N-dealkylation sites (tertiary alicyclic amines) is 1. The number of rotatable bonds is 3. The fraction of sp³-hybridized carbons (Fsp3) is 0.333. The van der Waals surface area contributed by atoms with Crippen LogP contribution in [0.5, 0.6) is 0 Å². The predicted octanol–water partition coefficient (Wildman–Crippen LogP) is 4.11. The van der Waals surface area contributed by atoms with E-state index in [0.29, 0.717) is 5.56 Å². The number of H-pyrrole nitrogens is 1. The molecule has 0 aliphatic carbocycles. The molecular formula is C24H25N3O2. The van der Waals surface area contributed by atoms with E-state index >= 15 is 0 Å². The second kappa shape index (κ2) is 7.07. The Morgan fingerprint density at radius 3 is 2.55 bits per heavy atom. The monoisotopic (exact) mass is 387 g/mol. The molecule has 0 radical (unpaired) electrons. The van der Waals surface area contributed by atoms with Gasteiger partial charge in [0.2, 0.25) is 5.91 Å². The van der Waals surface area contributed by atoms with Crippen LogP contribution in [-0.4, -0.2) is 45.7 Å². The molecule has 1 aromatic heterocycles. The number of piperidine rings is 1. The van der Waals surface area contributed by atoms with Crippen molar-refractivity contribution >= 4 is 22.7 Å². The van der Waals surface area contributed by atoms with Crippen LogP contribution >= 0.6 is 0 Å². The zero-order valence-corrected chi connectivity index (χ0v) is 16.6. The highest BCUT2D eigenvalue weighted by Gasteiger charge is 2.43. The average Bonchev–Trinajstić information content (AvgIpc) is 3.32. The molecule has 5 nitrogen and oxygen atoms in total. The summed E-state index contributed by atoms with van der Waals surface area (Å²) in [6.07, 6.45) is 5.23. The van der Waals surface area contributed by atoms with Crippen LogP contribution in [-0.2, 0) is 4.79 Å². The van der Waals surface area contributed by atoms with Crippen LogP contribution in [0.3, 0.4) is 0 Å². The highest BCUT2D eigenvalue weighted by Crippen LogP contribution is 2.42. The number of nitrogens with zero attached hydrogens (tertiary/aromatic N) is 2. The first kappa shape index (κ1) is 18.0. The number of amides is 2. The van der Waals surface area contributed by atoms with Gasteiger partial charge in [-0.15, -0.1) is 0 Å². The molecule has 1 saturated heterocycles. The summed E-state index contributed by atoms with van der Waals surface area (Å²) >= 11 is 0. The van der Waals surface area contributed by atoms with Crippen LogP contribution in [0.4, 0.5) is 0 Å². The minimum absolute atomic E-state index is 0.0516. The maximum absolute atomic E-state index is 13.4. The van der Waals surface area contributed by atoms with Crippen molar-refractivity contribution in [3.05, 3.63) is 71.4 Å². The second-order valence-corrected chi connectivity index (χ2v) is 8.05. The van der Waals surface area contributed by atoms with E-state index in [1.54, 1.807) is 4.90 Å². The molecule has 29 heavy (non-hydrogen) atoms. The predicted molar refractivity (Wildman–Crippen MR) is 113 cm³/mol. The van der Waals surface area contributed by atoms with Gasteiger partial charge in [0, 0.05) is 41.3 Å². The van der Waals surface area contributed by atoms with Crippen LogP contribution in [0.1, 0.15) is 53.7 Å². The first-order chi connectivity index (χ1) is 14.2. The molecule has 2 atom stereocenters. The number of carbonyl (C=O) groups is 2. The summed E-state index contributed by atoms with van der Waals surface area (Å²) in [4.78, 5) is 33.7. The largest absolute Gasteiger partial charge is 0.361 e. The van der Waals surface area contributed by atoms with Gasteiger partial charge in [-0.05, 0) is 43.9 Å². The van der Waals surface area contributed by atoms with Crippen molar-refractivity contribution in [2.45, 2.75) is 38.3 Å². The van der Waals surface area contributed by atoms with Crippen LogP contribution in [0, 0.1) is 0 Å². The van der Waals surface area contributed by atoms with Crippen LogP contribution in [0.15, 0.2) is 54.7 Å². The zero-order valence-electron chi connectivity index (χ0n) is 16.6. The van der Waals surface area contributed by atoms with Gasteiger partial charge < -0.3 is 14.8 Å². The number of nitrogens with one attached hydrogen (secondary N) is 1. The molecule has 1 fully saturated rings. The van der Waals surface area contributed by atoms with Gasteiger partial charge in [-0.1, -0.05) is 36.4 Å². The lowest BCUT2D eigenvalue weighted by atomic mass is 9.97. The zero-order chi connectivity index (χ0) is 20.0. The molecule has 0 bridgehead atoms. The van der Waals surface area contributed by atoms with Gasteiger partial charge in [0.25, 0.3) is 5.91 Å². The van der Waals surface area contributed by atoms with Crippen molar-refractivity contribution in [3.8, 4) is 0 Å². The summed E-state index contributed by atoms with van der Waals surface area (Å²) in [6, 6.07) is 15.1. The van der Waals surface area contributed by atoms with E-state index in [-0.39, 0.29) is 17.9 Å². The molecule has 5 heteroatoms. The Hall–Kier alpha value is -3.08. The average molecular weight is 387 g/mol. The number of fused-ring (bicyclic) bond motifs is 2. The fourth-order valence-electron chi connectivity index (χ4n) is 4.87. The Bertz CT molecular complexity index is 1080. The van der Waals surface area contributed by atoms with Crippen LogP contribution in [0.2, 0.25) is 0 Å². The molecule has 0 spiro atoms. The number of aromatic nitrogens is 1. The molecule has 5 rings (SSSR count). The van der Waals surface area contributed by atoms with Crippen molar-refractivity contribution < 1.29 is 9.59 Å². The number of carbonyl (C=O) groups excluding carboxylic acids is 2. The topological polar surface area (TPSA) is 56.4 Å². The maximum atomic E-state index is 13.4. The van der Waals surface area contributed by atoms with E-state index in [1.165, 1.54) is 6.42 Å². The van der Waals surface area contributed by atoms with Crippen LogP contribution in [0.25, 0.3) is 10.9 Å². The van der Waals surface area contributed by atoms with E-state index in [0.717, 1.165) is 48.0 Å². The number of para-hydroxylation sites is 1. The molecule has 0 saturated carbocycles. The summed E-state index contributed by atoms with van der Waals surface area (Å²) in [5, 5.41) is 1.09. The molecule has 2 aromatic carbocycles. The summed E-state index contributed by atoms with van der Waals surface area (Å²) < 4.78 is 0. The fourth-order valence-corrected chi connectivity index (χ4v) is 4.87. The van der Waals surface area contributed by atoms with Crippen molar-refractivity contribution in [1.82, 2.24) is 14.8 Å². The Labute approximate surface area is 170 Å². The Morgan fingerprint density at radius 1 is 1.00 bits per heavy atom. The van der Waals surface area contributed by atoms with Crippen molar-refractivity contribution in [3.63, 3.8) is 0 Å². The number of hydrogen-bond donors (Lipinski definition) is 1. The molecule has 1 N–H and O–H groups in total. The molecule has 148 valence electrons. The van der Waals surface area contributed by atoms with Gasteiger partial charge in [-0.2, -0.15) is 0 Å². The van der Waals surface area contributed by atoms with E-state index in [1.807, 2.05) is 60.5 Å². The molecular weight excluding hydrogens is 362 g/mol. The van der Waals surface area contributed by atoms with E-state index in [9.17, 15) is 9.59 Å². The van der Waals surface area contributed by atoms with E-state index in [4.69, 9.17) is 0 Å². The molecule has 3 aromatic rings. The van der Waals surface area contributed by atoms with Gasteiger partial charge in [-0.3, -0.25) is 9.59 Å². The molecule has 2 aliphatic heterocycles. The van der Waals surface area contributed by atoms with E-state index < -0.39 is 6.04 Å². The van der Waals surface area contributed by atoms with E-state index in [2.05, 4.69) is 11.1 Å². The number of aromatic amines is 1. The normalized spacial score (nSPS) is 20.2. The Morgan fingerprint density at radius 2 is 1.72 bits per heavy atom. The van der Waals surface area contributed by atoms with Gasteiger partial charge in [0.1, 0.15) is 6.04 Å². The summed E-state index contributed by atoms with van der Waals surface area (Å²) in [6.45, 7) is 3.45. The highest BCUT2D eigenvalue weighted by atomic mass is 16.2. The SMILES string of the molecule is CC(C(=O)N1CCCCC1)N1C(=O)c2ccccc2C1c1c[nH]c2ccccc12. The Balaban J connectivity index is 1.59. The van der Waals surface area contributed by atoms with Crippen molar-refractivity contribution in [2.24, 2.45) is 0 Å². The highest BCUT2D eigenvalue weighted by molar-refractivity contribution is 6.03. The minimum Gasteiger partial charge on any atom is -0.361 e. The molecule has 3 heterocycles. The lowest BCUT2D eigenvalue weighted by Gasteiger charge is -2.35. The third kappa shape index (κ3) is 2.84. The molecule has 2 amide bonds. The third-order valence-corrected chi connectivity index (χ3v) is 6.36. The minimum atomic E-state index is -0.508. The van der Waals surface area contributed by atoms with Gasteiger partial charge >= 0.3 is 0 Å². The smallest absolute Gasteiger partial charge is 0.255 e. The summed E-state index contributed by atoms with van der Waals surface area (Å²) in [7, 11) is 0. The van der Waals surface area contributed by atoms with Gasteiger partial charge in [-0.25, -0.2) is 0 Å². The first-order valence-corrected chi connectivity index (χ1v) is 10.4. The summed E-state index contributed by atoms with van der Waals surface area (Å²) in [5.74, 6) is -0.00978. The number of benzene rings is 2. The van der Waals surface area contributed by atoms with Gasteiger partial charge in [0.15, 0.2) is 0 Å².